The number of nitrogens with zero attached hydrogens (tertiary/aromatic N) is 4. The maximum absolute atomic E-state index is 12.7. The summed E-state index contributed by atoms with van der Waals surface area (Å²) in [5.41, 5.74) is 2.36. The molecule has 1 saturated heterocycles. The third kappa shape index (κ3) is 6.60. The van der Waals surface area contributed by atoms with Gasteiger partial charge in [-0.25, -0.2) is 15.0 Å². The van der Waals surface area contributed by atoms with E-state index < -0.39 is 0 Å². The lowest BCUT2D eigenvalue weighted by atomic mass is 9.93. The average Bonchev–Trinajstić information content (AvgIpc) is 2.82. The predicted octanol–water partition coefficient (Wildman–Crippen LogP) is 6.09. The summed E-state index contributed by atoms with van der Waals surface area (Å²) in [6, 6.07) is 10.9. The van der Waals surface area contributed by atoms with Crippen LogP contribution in [0.15, 0.2) is 59.5 Å². The van der Waals surface area contributed by atoms with Crippen LogP contribution in [0, 0.1) is 0 Å². The molecule has 170 valence electrons. The first-order chi connectivity index (χ1) is 16.0. The highest BCUT2D eigenvalue weighted by molar-refractivity contribution is 9.10. The van der Waals surface area contributed by atoms with Crippen LogP contribution in [0.5, 0.6) is 0 Å². The lowest BCUT2D eigenvalue weighted by Gasteiger charge is -2.31. The van der Waals surface area contributed by atoms with Crippen molar-refractivity contribution in [2.75, 3.05) is 25.0 Å². The molecule has 1 aromatic carbocycles. The summed E-state index contributed by atoms with van der Waals surface area (Å²) in [4.78, 5) is 28.1. The van der Waals surface area contributed by atoms with Gasteiger partial charge in [-0.2, -0.15) is 0 Å². The van der Waals surface area contributed by atoms with E-state index in [4.69, 9.17) is 23.2 Å². The Labute approximate surface area is 211 Å². The maximum atomic E-state index is 12.7. The number of benzene rings is 1. The number of nitrogens with one attached hydrogen (secondary N) is 1. The van der Waals surface area contributed by atoms with Crippen molar-refractivity contribution < 1.29 is 4.79 Å². The predicted molar refractivity (Wildman–Crippen MR) is 136 cm³/mol. The molecule has 0 atom stereocenters. The van der Waals surface area contributed by atoms with Crippen LogP contribution in [0.4, 0.5) is 5.82 Å². The van der Waals surface area contributed by atoms with Crippen LogP contribution >= 0.6 is 39.1 Å². The molecule has 2 aromatic heterocycles. The highest BCUT2D eigenvalue weighted by Crippen LogP contribution is 2.31. The van der Waals surface area contributed by atoms with E-state index in [1.54, 1.807) is 12.3 Å². The SMILES string of the molecule is O=C(Nc1ncc(Br)nc1C1CCN(C/C=C/c2ccc(Cl)cc2)CC1)c1ccnc(Cl)c1. The van der Waals surface area contributed by atoms with Crippen molar-refractivity contribution in [1.82, 2.24) is 19.9 Å². The molecule has 0 radical (unpaired) electrons. The summed E-state index contributed by atoms with van der Waals surface area (Å²) in [7, 11) is 0. The zero-order valence-electron chi connectivity index (χ0n) is 17.7. The second-order valence-corrected chi connectivity index (χ2v) is 9.41. The zero-order valence-corrected chi connectivity index (χ0v) is 20.8. The van der Waals surface area contributed by atoms with Crippen molar-refractivity contribution in [2.45, 2.75) is 18.8 Å². The summed E-state index contributed by atoms with van der Waals surface area (Å²) in [5.74, 6) is 0.405. The normalized spacial score (nSPS) is 15.1. The molecule has 1 amide bonds. The Morgan fingerprint density at radius 1 is 1.15 bits per heavy atom. The third-order valence-electron chi connectivity index (χ3n) is 5.51. The number of pyridine rings is 1. The van der Waals surface area contributed by atoms with Crippen LogP contribution in [-0.2, 0) is 0 Å². The standard InChI is InChI=1S/C24H22BrCl2N5O/c25-20-15-29-23(31-24(33)18-7-10-28-21(27)14-18)22(30-20)17-8-12-32(13-9-17)11-1-2-16-3-5-19(26)6-4-16/h1-7,10,14-15,17H,8-9,11-13H2,(H,29,31,33)/b2-1+. The van der Waals surface area contributed by atoms with Crippen molar-refractivity contribution in [3.05, 3.63) is 86.5 Å². The Bertz CT molecular complexity index is 1150. The lowest BCUT2D eigenvalue weighted by Crippen LogP contribution is -2.33. The van der Waals surface area contributed by atoms with E-state index in [0.29, 0.717) is 16.0 Å². The minimum atomic E-state index is -0.290. The van der Waals surface area contributed by atoms with Crippen LogP contribution < -0.4 is 5.32 Å². The molecule has 6 nitrogen and oxygen atoms in total. The fourth-order valence-electron chi connectivity index (χ4n) is 3.79. The molecule has 33 heavy (non-hydrogen) atoms. The molecule has 1 fully saturated rings. The van der Waals surface area contributed by atoms with E-state index in [9.17, 15) is 4.79 Å². The summed E-state index contributed by atoms with van der Waals surface area (Å²) >= 11 is 15.3. The maximum Gasteiger partial charge on any atom is 0.257 e. The Balaban J connectivity index is 1.38. The molecule has 0 spiro atoms. The molecule has 0 saturated carbocycles. The Kier molecular flexibility index (Phi) is 8.09. The van der Waals surface area contributed by atoms with Gasteiger partial charge >= 0.3 is 0 Å². The number of aromatic nitrogens is 3. The Morgan fingerprint density at radius 2 is 1.91 bits per heavy atom. The quantitative estimate of drug-likeness (QED) is 0.379. The van der Waals surface area contributed by atoms with Crippen LogP contribution in [-0.4, -0.2) is 45.4 Å². The van der Waals surface area contributed by atoms with Crippen LogP contribution in [0.2, 0.25) is 10.2 Å². The highest BCUT2D eigenvalue weighted by atomic mass is 79.9. The van der Waals surface area contributed by atoms with Gasteiger partial charge in [-0.1, -0.05) is 47.5 Å². The number of hydrogen-bond acceptors (Lipinski definition) is 5. The smallest absolute Gasteiger partial charge is 0.257 e. The largest absolute Gasteiger partial charge is 0.305 e. The number of anilines is 1. The van der Waals surface area contributed by atoms with Crippen molar-refractivity contribution in [3.63, 3.8) is 0 Å². The monoisotopic (exact) mass is 545 g/mol. The van der Waals surface area contributed by atoms with Crippen molar-refractivity contribution in [2.24, 2.45) is 0 Å². The van der Waals surface area contributed by atoms with E-state index in [1.807, 2.05) is 24.3 Å². The summed E-state index contributed by atoms with van der Waals surface area (Å²) in [6.45, 7) is 2.76. The molecule has 3 aromatic rings. The fraction of sp³-hybridized carbons (Fsp3) is 0.250. The van der Waals surface area contributed by atoms with Crippen molar-refractivity contribution >= 4 is 56.9 Å². The molecular weight excluding hydrogens is 525 g/mol. The topological polar surface area (TPSA) is 71.0 Å². The number of piperidine rings is 1. The molecule has 9 heteroatoms. The Hall–Kier alpha value is -2.32. The van der Waals surface area contributed by atoms with E-state index in [1.165, 1.54) is 12.3 Å². The first-order valence-corrected chi connectivity index (χ1v) is 12.1. The molecule has 1 N–H and O–H groups in total. The molecule has 1 aliphatic rings. The number of hydrogen-bond donors (Lipinski definition) is 1. The number of rotatable bonds is 6. The number of halogens is 3. The van der Waals surface area contributed by atoms with E-state index in [2.05, 4.69) is 53.3 Å². The first-order valence-electron chi connectivity index (χ1n) is 10.6. The van der Waals surface area contributed by atoms with Gasteiger partial charge < -0.3 is 5.32 Å². The second-order valence-electron chi connectivity index (χ2n) is 7.78. The lowest BCUT2D eigenvalue weighted by molar-refractivity contribution is 0.102. The zero-order chi connectivity index (χ0) is 23.2. The van der Waals surface area contributed by atoms with Gasteiger partial charge in [-0.15, -0.1) is 0 Å². The minimum Gasteiger partial charge on any atom is -0.305 e. The molecule has 4 rings (SSSR count). The van der Waals surface area contributed by atoms with Gasteiger partial charge in [0, 0.05) is 29.2 Å². The molecular formula is C24H22BrCl2N5O. The van der Waals surface area contributed by atoms with Gasteiger partial charge in [-0.3, -0.25) is 9.69 Å². The van der Waals surface area contributed by atoms with Crippen LogP contribution in [0.3, 0.4) is 0 Å². The van der Waals surface area contributed by atoms with Crippen LogP contribution in [0.1, 0.15) is 40.4 Å². The molecule has 0 aliphatic carbocycles. The molecule has 0 bridgehead atoms. The van der Waals surface area contributed by atoms with E-state index in [0.717, 1.165) is 48.8 Å². The summed E-state index contributed by atoms with van der Waals surface area (Å²) in [5, 5.41) is 3.90. The van der Waals surface area contributed by atoms with Gasteiger partial charge in [0.2, 0.25) is 0 Å². The second kappa shape index (κ2) is 11.2. The van der Waals surface area contributed by atoms with Crippen LogP contribution in [0.25, 0.3) is 6.08 Å². The molecule has 1 aliphatic heterocycles. The van der Waals surface area contributed by atoms with Crippen molar-refractivity contribution in [1.29, 1.82) is 0 Å². The van der Waals surface area contributed by atoms with Gasteiger partial charge in [0.05, 0.1) is 11.9 Å². The van der Waals surface area contributed by atoms with Gasteiger partial charge in [0.25, 0.3) is 5.91 Å². The number of amides is 1. The first kappa shape index (κ1) is 23.8. The van der Waals surface area contributed by atoms with E-state index >= 15 is 0 Å². The van der Waals surface area contributed by atoms with Gasteiger partial charge in [-0.05, 0) is 71.7 Å². The fourth-order valence-corrected chi connectivity index (χ4v) is 4.38. The highest BCUT2D eigenvalue weighted by Gasteiger charge is 2.25. The molecule has 3 heterocycles. The minimum absolute atomic E-state index is 0.211. The van der Waals surface area contributed by atoms with E-state index in [-0.39, 0.29) is 17.0 Å². The number of likely N-dealkylation sites (tertiary alicyclic amines) is 1. The van der Waals surface area contributed by atoms with Gasteiger partial charge in [0.15, 0.2) is 5.82 Å². The number of carbonyl (C=O) groups is 1. The summed E-state index contributed by atoms with van der Waals surface area (Å²) in [6.07, 6.45) is 9.25. The number of carbonyl (C=O) groups excluding carboxylic acids is 1. The van der Waals surface area contributed by atoms with Crippen molar-refractivity contribution in [3.8, 4) is 0 Å². The third-order valence-corrected chi connectivity index (χ3v) is 6.35. The average molecular weight is 547 g/mol. The van der Waals surface area contributed by atoms with Gasteiger partial charge in [0.1, 0.15) is 9.76 Å². The molecule has 0 unspecified atom stereocenters. The Morgan fingerprint density at radius 3 is 2.64 bits per heavy atom. The summed E-state index contributed by atoms with van der Waals surface area (Å²) < 4.78 is 0.649.